The van der Waals surface area contributed by atoms with E-state index in [0.717, 1.165) is 22.9 Å². The molecular formula is C15H17ClN2O2S. The number of benzene rings is 1. The summed E-state index contributed by atoms with van der Waals surface area (Å²) >= 11 is 7.14. The maximum Gasteiger partial charge on any atom is 0.226 e. The first-order valence-corrected chi connectivity index (χ1v) is 8.13. The molecule has 0 aliphatic heterocycles. The van der Waals surface area contributed by atoms with Crippen LogP contribution in [0.3, 0.4) is 0 Å². The number of ether oxygens (including phenoxy) is 1. The van der Waals surface area contributed by atoms with Gasteiger partial charge in [0.05, 0.1) is 24.6 Å². The molecule has 1 amide bonds. The Bertz CT molecular complexity index is 560. The number of rotatable bonds is 8. The lowest BCUT2D eigenvalue weighted by Crippen LogP contribution is -2.27. The number of aromatic nitrogens is 1. The number of alkyl halides is 1. The first-order chi connectivity index (χ1) is 10.3. The van der Waals surface area contributed by atoms with Crippen LogP contribution in [-0.2, 0) is 17.1 Å². The fraction of sp³-hybridized carbons (Fsp3) is 0.333. The highest BCUT2D eigenvalue weighted by molar-refractivity contribution is 7.09. The molecule has 0 saturated carbocycles. The molecule has 0 atom stereocenters. The molecule has 0 aliphatic carbocycles. The largest absolute Gasteiger partial charge is 0.494 e. The zero-order valence-electron chi connectivity index (χ0n) is 11.5. The van der Waals surface area contributed by atoms with Crippen molar-refractivity contribution in [2.24, 2.45) is 0 Å². The van der Waals surface area contributed by atoms with Gasteiger partial charge in [0.2, 0.25) is 5.91 Å². The number of nitrogens with zero attached hydrogens (tertiary/aromatic N) is 1. The number of hydrogen-bond donors (Lipinski definition) is 1. The van der Waals surface area contributed by atoms with Crippen LogP contribution in [0.1, 0.15) is 17.1 Å². The van der Waals surface area contributed by atoms with Crippen LogP contribution in [0.2, 0.25) is 0 Å². The molecule has 1 heterocycles. The van der Waals surface area contributed by atoms with E-state index in [1.54, 1.807) is 0 Å². The van der Waals surface area contributed by atoms with Gasteiger partial charge < -0.3 is 10.1 Å². The van der Waals surface area contributed by atoms with Gasteiger partial charge in [-0.3, -0.25) is 4.79 Å². The number of hydrogen-bond acceptors (Lipinski definition) is 4. The number of amides is 1. The molecule has 2 aromatic rings. The van der Waals surface area contributed by atoms with Gasteiger partial charge in [-0.1, -0.05) is 18.2 Å². The summed E-state index contributed by atoms with van der Waals surface area (Å²) < 4.78 is 5.55. The van der Waals surface area contributed by atoms with E-state index in [-0.39, 0.29) is 5.91 Å². The fourth-order valence-electron chi connectivity index (χ4n) is 1.70. The highest BCUT2D eigenvalue weighted by Crippen LogP contribution is 2.12. The predicted octanol–water partition coefficient (Wildman–Crippen LogP) is 3.01. The van der Waals surface area contributed by atoms with Crippen molar-refractivity contribution >= 4 is 28.8 Å². The zero-order chi connectivity index (χ0) is 14.9. The quantitative estimate of drug-likeness (QED) is 0.600. The molecule has 1 N–H and O–H groups in total. The maximum absolute atomic E-state index is 11.7. The van der Waals surface area contributed by atoms with Crippen LogP contribution in [0.25, 0.3) is 0 Å². The number of carbonyl (C=O) groups excluding carboxylic acids is 1. The number of para-hydroxylation sites is 1. The van der Waals surface area contributed by atoms with Crippen molar-refractivity contribution in [3.8, 4) is 5.75 Å². The number of carbonyl (C=O) groups is 1. The van der Waals surface area contributed by atoms with Crippen molar-refractivity contribution in [3.63, 3.8) is 0 Å². The Hall–Kier alpha value is -1.59. The van der Waals surface area contributed by atoms with E-state index in [4.69, 9.17) is 16.3 Å². The third-order valence-electron chi connectivity index (χ3n) is 2.70. The molecule has 1 aromatic carbocycles. The summed E-state index contributed by atoms with van der Waals surface area (Å²) in [4.78, 5) is 16.0. The average molecular weight is 325 g/mol. The Morgan fingerprint density at radius 1 is 1.33 bits per heavy atom. The molecule has 4 nitrogen and oxygen atoms in total. The maximum atomic E-state index is 11.7. The van der Waals surface area contributed by atoms with Crippen molar-refractivity contribution in [2.45, 2.75) is 18.7 Å². The molecule has 112 valence electrons. The van der Waals surface area contributed by atoms with Gasteiger partial charge in [-0.25, -0.2) is 4.98 Å². The molecule has 2 rings (SSSR count). The van der Waals surface area contributed by atoms with Crippen molar-refractivity contribution in [1.29, 1.82) is 0 Å². The van der Waals surface area contributed by atoms with E-state index >= 15 is 0 Å². The SMILES string of the molecule is O=C(Cc1nc(CCl)cs1)NCCCOc1ccccc1. The molecule has 6 heteroatoms. The molecule has 0 aliphatic rings. The van der Waals surface area contributed by atoms with Gasteiger partial charge in [0.15, 0.2) is 0 Å². The summed E-state index contributed by atoms with van der Waals surface area (Å²) in [7, 11) is 0. The number of nitrogens with one attached hydrogen (secondary N) is 1. The van der Waals surface area contributed by atoms with Crippen molar-refractivity contribution in [1.82, 2.24) is 10.3 Å². The summed E-state index contributed by atoms with van der Waals surface area (Å²) in [6, 6.07) is 9.63. The van der Waals surface area contributed by atoms with E-state index < -0.39 is 0 Å². The molecular weight excluding hydrogens is 308 g/mol. The minimum atomic E-state index is -0.0230. The first-order valence-electron chi connectivity index (χ1n) is 6.71. The predicted molar refractivity (Wildman–Crippen MR) is 84.9 cm³/mol. The second-order valence-electron chi connectivity index (χ2n) is 4.41. The minimum Gasteiger partial charge on any atom is -0.494 e. The van der Waals surface area contributed by atoms with Crippen LogP contribution in [0.4, 0.5) is 0 Å². The lowest BCUT2D eigenvalue weighted by molar-refractivity contribution is -0.120. The van der Waals surface area contributed by atoms with E-state index in [0.29, 0.717) is 25.5 Å². The summed E-state index contributed by atoms with van der Waals surface area (Å²) in [5, 5.41) is 5.53. The third-order valence-corrected chi connectivity index (χ3v) is 3.87. The van der Waals surface area contributed by atoms with Crippen LogP contribution in [0, 0.1) is 0 Å². The van der Waals surface area contributed by atoms with Gasteiger partial charge in [-0.2, -0.15) is 0 Å². The van der Waals surface area contributed by atoms with Crippen molar-refractivity contribution in [2.75, 3.05) is 13.2 Å². The second-order valence-corrected chi connectivity index (χ2v) is 5.62. The highest BCUT2D eigenvalue weighted by Gasteiger charge is 2.07. The molecule has 0 saturated heterocycles. The first kappa shape index (κ1) is 15.8. The molecule has 0 spiro atoms. The van der Waals surface area contributed by atoms with Crippen molar-refractivity contribution < 1.29 is 9.53 Å². The van der Waals surface area contributed by atoms with Gasteiger partial charge in [0.25, 0.3) is 0 Å². The topological polar surface area (TPSA) is 51.2 Å². The summed E-state index contributed by atoms with van der Waals surface area (Å²) in [6.45, 7) is 1.18. The molecule has 21 heavy (non-hydrogen) atoms. The lowest BCUT2D eigenvalue weighted by atomic mass is 10.3. The lowest BCUT2D eigenvalue weighted by Gasteiger charge is -2.06. The third kappa shape index (κ3) is 5.73. The Labute approximate surface area is 133 Å². The molecule has 0 unspecified atom stereocenters. The molecule has 0 fully saturated rings. The fourth-order valence-corrected chi connectivity index (χ4v) is 2.72. The van der Waals surface area contributed by atoms with Gasteiger partial charge in [-0.15, -0.1) is 22.9 Å². The van der Waals surface area contributed by atoms with Gasteiger partial charge >= 0.3 is 0 Å². The smallest absolute Gasteiger partial charge is 0.226 e. The Balaban J connectivity index is 1.59. The Kier molecular flexibility index (Phi) is 6.50. The van der Waals surface area contributed by atoms with Gasteiger partial charge in [0, 0.05) is 11.9 Å². The number of halogens is 1. The summed E-state index contributed by atoms with van der Waals surface area (Å²) in [5.74, 6) is 1.21. The average Bonchev–Trinajstić information content (AvgIpc) is 2.95. The van der Waals surface area contributed by atoms with Crippen LogP contribution < -0.4 is 10.1 Å². The monoisotopic (exact) mass is 324 g/mol. The van der Waals surface area contributed by atoms with E-state index in [2.05, 4.69) is 10.3 Å². The van der Waals surface area contributed by atoms with Crippen LogP contribution in [-0.4, -0.2) is 24.0 Å². The van der Waals surface area contributed by atoms with Crippen molar-refractivity contribution in [3.05, 3.63) is 46.4 Å². The van der Waals surface area contributed by atoms with Gasteiger partial charge in [-0.05, 0) is 18.6 Å². The normalized spacial score (nSPS) is 10.3. The Morgan fingerprint density at radius 2 is 2.14 bits per heavy atom. The van der Waals surface area contributed by atoms with E-state index in [1.807, 2.05) is 35.7 Å². The number of thiazole rings is 1. The van der Waals surface area contributed by atoms with Crippen LogP contribution in [0.5, 0.6) is 5.75 Å². The zero-order valence-corrected chi connectivity index (χ0v) is 13.1. The van der Waals surface area contributed by atoms with Gasteiger partial charge in [0.1, 0.15) is 10.8 Å². The summed E-state index contributed by atoms with van der Waals surface area (Å²) in [6.07, 6.45) is 1.08. The van der Waals surface area contributed by atoms with E-state index in [9.17, 15) is 4.79 Å². The van der Waals surface area contributed by atoms with Crippen LogP contribution in [0.15, 0.2) is 35.7 Å². The minimum absolute atomic E-state index is 0.0230. The highest BCUT2D eigenvalue weighted by atomic mass is 35.5. The Morgan fingerprint density at radius 3 is 2.86 bits per heavy atom. The molecule has 1 aromatic heterocycles. The standard InChI is InChI=1S/C15H17ClN2O2S/c16-10-12-11-21-15(18-12)9-14(19)17-7-4-8-20-13-5-2-1-3-6-13/h1-3,5-6,11H,4,7-10H2,(H,17,19). The van der Waals surface area contributed by atoms with Crippen LogP contribution >= 0.6 is 22.9 Å². The summed E-state index contributed by atoms with van der Waals surface area (Å²) in [5.41, 5.74) is 0.820. The molecule has 0 radical (unpaired) electrons. The second kappa shape index (κ2) is 8.64. The molecule has 0 bridgehead atoms. The van der Waals surface area contributed by atoms with E-state index in [1.165, 1.54) is 11.3 Å².